The molecule has 0 aliphatic rings. The third-order valence-corrected chi connectivity index (χ3v) is 4.38. The largest absolute Gasteiger partial charge is 0.392 e. The highest BCUT2D eigenvalue weighted by atomic mass is 127. The molecule has 0 bridgehead atoms. The Kier molecular flexibility index (Phi) is 5.39. The topological polar surface area (TPSA) is 49.3 Å². The van der Waals surface area contributed by atoms with E-state index in [0.29, 0.717) is 17.1 Å². The van der Waals surface area contributed by atoms with E-state index in [-0.39, 0.29) is 12.5 Å². The Bertz CT molecular complexity index is 631. The molecule has 20 heavy (non-hydrogen) atoms. The van der Waals surface area contributed by atoms with Crippen LogP contribution in [0.15, 0.2) is 42.5 Å². The van der Waals surface area contributed by atoms with Crippen molar-refractivity contribution in [3.8, 4) is 0 Å². The van der Waals surface area contributed by atoms with Gasteiger partial charge in [0.25, 0.3) is 5.91 Å². The van der Waals surface area contributed by atoms with E-state index < -0.39 is 0 Å². The van der Waals surface area contributed by atoms with Crippen LogP contribution in [0, 0.1) is 3.57 Å². The number of benzene rings is 2. The summed E-state index contributed by atoms with van der Waals surface area (Å²) in [5.41, 5.74) is 2.31. The van der Waals surface area contributed by atoms with Crippen LogP contribution in [0.1, 0.15) is 21.5 Å². The molecule has 2 aromatic carbocycles. The van der Waals surface area contributed by atoms with Crippen molar-refractivity contribution in [2.45, 2.75) is 13.2 Å². The van der Waals surface area contributed by atoms with Crippen LogP contribution in [0.5, 0.6) is 0 Å². The minimum atomic E-state index is -0.169. The minimum absolute atomic E-state index is 0.00544. The normalized spacial score (nSPS) is 10.3. The molecule has 0 aliphatic carbocycles. The van der Waals surface area contributed by atoms with Gasteiger partial charge in [-0.1, -0.05) is 35.9 Å². The second-order valence-electron chi connectivity index (χ2n) is 4.29. The van der Waals surface area contributed by atoms with Gasteiger partial charge in [0.2, 0.25) is 0 Å². The fourth-order valence-electron chi connectivity index (χ4n) is 1.76. The first-order valence-corrected chi connectivity index (χ1v) is 7.48. The van der Waals surface area contributed by atoms with Gasteiger partial charge in [-0.3, -0.25) is 4.79 Å². The van der Waals surface area contributed by atoms with Crippen molar-refractivity contribution in [2.75, 3.05) is 0 Å². The fourth-order valence-corrected chi connectivity index (χ4v) is 2.28. The van der Waals surface area contributed by atoms with Crippen molar-refractivity contribution < 1.29 is 9.90 Å². The molecule has 1 amide bonds. The summed E-state index contributed by atoms with van der Waals surface area (Å²) in [7, 11) is 0. The Morgan fingerprint density at radius 1 is 1.20 bits per heavy atom. The molecule has 2 N–H and O–H groups in total. The van der Waals surface area contributed by atoms with E-state index in [9.17, 15) is 4.79 Å². The molecule has 0 heterocycles. The summed E-state index contributed by atoms with van der Waals surface area (Å²) < 4.78 is 0.913. The Morgan fingerprint density at radius 2 is 1.95 bits per heavy atom. The first-order chi connectivity index (χ1) is 9.60. The Morgan fingerprint density at radius 3 is 2.65 bits per heavy atom. The second kappa shape index (κ2) is 7.06. The van der Waals surface area contributed by atoms with Crippen LogP contribution in [0.2, 0.25) is 5.02 Å². The number of hydrogen-bond acceptors (Lipinski definition) is 2. The third-order valence-electron chi connectivity index (χ3n) is 2.81. The van der Waals surface area contributed by atoms with Gasteiger partial charge in [0.05, 0.1) is 11.6 Å². The molecule has 104 valence electrons. The zero-order valence-corrected chi connectivity index (χ0v) is 13.5. The molecule has 0 aliphatic heterocycles. The molecular formula is C15H13ClINO2. The Balaban J connectivity index is 2.02. The Labute approximate surface area is 136 Å². The summed E-state index contributed by atoms with van der Waals surface area (Å²) in [6, 6.07) is 12.7. The van der Waals surface area contributed by atoms with E-state index in [2.05, 4.69) is 27.9 Å². The predicted molar refractivity (Wildman–Crippen MR) is 87.7 cm³/mol. The third kappa shape index (κ3) is 3.94. The summed E-state index contributed by atoms with van der Waals surface area (Å²) >= 11 is 8.11. The highest BCUT2D eigenvalue weighted by Gasteiger charge is 2.07. The molecule has 0 fully saturated rings. The van der Waals surface area contributed by atoms with Crippen LogP contribution < -0.4 is 5.32 Å². The quantitative estimate of drug-likeness (QED) is 0.772. The zero-order chi connectivity index (χ0) is 14.5. The lowest BCUT2D eigenvalue weighted by atomic mass is 10.1. The average Bonchev–Trinajstić information content (AvgIpc) is 2.47. The molecule has 0 spiro atoms. The fraction of sp³-hybridized carbons (Fsp3) is 0.133. The molecular weight excluding hydrogens is 389 g/mol. The van der Waals surface area contributed by atoms with E-state index in [1.807, 2.05) is 30.3 Å². The lowest BCUT2D eigenvalue weighted by Crippen LogP contribution is -2.22. The SMILES string of the molecule is O=C(NCc1cccc(CO)c1)c1ccc(I)c(Cl)c1. The van der Waals surface area contributed by atoms with Gasteiger partial charge in [-0.2, -0.15) is 0 Å². The molecule has 2 rings (SSSR count). The number of nitrogens with one attached hydrogen (secondary N) is 1. The molecule has 0 aromatic heterocycles. The van der Waals surface area contributed by atoms with Gasteiger partial charge >= 0.3 is 0 Å². The van der Waals surface area contributed by atoms with E-state index >= 15 is 0 Å². The maximum Gasteiger partial charge on any atom is 0.251 e. The number of aliphatic hydroxyl groups is 1. The highest BCUT2D eigenvalue weighted by molar-refractivity contribution is 14.1. The van der Waals surface area contributed by atoms with E-state index in [4.69, 9.17) is 16.7 Å². The lowest BCUT2D eigenvalue weighted by molar-refractivity contribution is 0.0951. The van der Waals surface area contributed by atoms with Gasteiger partial charge in [-0.05, 0) is 51.9 Å². The lowest BCUT2D eigenvalue weighted by Gasteiger charge is -2.07. The monoisotopic (exact) mass is 401 g/mol. The average molecular weight is 402 g/mol. The van der Waals surface area contributed by atoms with Gasteiger partial charge in [0, 0.05) is 15.7 Å². The minimum Gasteiger partial charge on any atom is -0.392 e. The number of rotatable bonds is 4. The number of carbonyl (C=O) groups is 1. The van der Waals surface area contributed by atoms with Crippen molar-refractivity contribution in [3.05, 3.63) is 67.7 Å². The molecule has 0 unspecified atom stereocenters. The van der Waals surface area contributed by atoms with Gasteiger partial charge in [0.15, 0.2) is 0 Å². The summed E-state index contributed by atoms with van der Waals surface area (Å²) in [4.78, 5) is 12.0. The first-order valence-electron chi connectivity index (χ1n) is 6.02. The maximum atomic E-state index is 12.0. The van der Waals surface area contributed by atoms with Crippen LogP contribution in [-0.2, 0) is 13.2 Å². The Hall–Kier alpha value is -1.11. The summed E-state index contributed by atoms with van der Waals surface area (Å²) in [6.45, 7) is 0.408. The van der Waals surface area contributed by atoms with Gasteiger partial charge in [0.1, 0.15) is 0 Å². The van der Waals surface area contributed by atoms with Crippen molar-refractivity contribution in [1.82, 2.24) is 5.32 Å². The van der Waals surface area contributed by atoms with Crippen LogP contribution in [0.4, 0.5) is 0 Å². The smallest absolute Gasteiger partial charge is 0.251 e. The van der Waals surface area contributed by atoms with E-state index in [1.165, 1.54) is 0 Å². The van der Waals surface area contributed by atoms with Crippen molar-refractivity contribution in [1.29, 1.82) is 0 Å². The van der Waals surface area contributed by atoms with Crippen LogP contribution in [0.3, 0.4) is 0 Å². The molecule has 0 saturated carbocycles. The summed E-state index contributed by atoms with van der Waals surface area (Å²) in [5.74, 6) is -0.169. The number of hydrogen-bond donors (Lipinski definition) is 2. The molecule has 0 radical (unpaired) electrons. The van der Waals surface area contributed by atoms with Crippen LogP contribution in [-0.4, -0.2) is 11.0 Å². The number of halogens is 2. The van der Waals surface area contributed by atoms with E-state index in [0.717, 1.165) is 14.7 Å². The van der Waals surface area contributed by atoms with Crippen molar-refractivity contribution in [3.63, 3.8) is 0 Å². The highest BCUT2D eigenvalue weighted by Crippen LogP contribution is 2.19. The van der Waals surface area contributed by atoms with Gasteiger partial charge in [-0.25, -0.2) is 0 Å². The summed E-state index contributed by atoms with van der Waals surface area (Å²) in [6.07, 6.45) is 0. The molecule has 0 saturated heterocycles. The summed E-state index contributed by atoms with van der Waals surface area (Å²) in [5, 5.41) is 12.5. The molecule has 2 aromatic rings. The molecule has 5 heteroatoms. The number of aliphatic hydroxyl groups excluding tert-OH is 1. The van der Waals surface area contributed by atoms with Crippen molar-refractivity contribution >= 4 is 40.1 Å². The van der Waals surface area contributed by atoms with Crippen LogP contribution >= 0.6 is 34.2 Å². The number of amides is 1. The molecule has 0 atom stereocenters. The van der Waals surface area contributed by atoms with Gasteiger partial charge < -0.3 is 10.4 Å². The van der Waals surface area contributed by atoms with Crippen LogP contribution in [0.25, 0.3) is 0 Å². The standard InChI is InChI=1S/C15H13ClINO2/c16-13-7-12(4-5-14(13)17)15(20)18-8-10-2-1-3-11(6-10)9-19/h1-7,19H,8-9H2,(H,18,20). The number of carbonyl (C=O) groups excluding carboxylic acids is 1. The predicted octanol–water partition coefficient (Wildman–Crippen LogP) is 3.37. The first kappa shape index (κ1) is 15.3. The maximum absolute atomic E-state index is 12.0. The van der Waals surface area contributed by atoms with Gasteiger partial charge in [-0.15, -0.1) is 0 Å². The van der Waals surface area contributed by atoms with Crippen molar-refractivity contribution in [2.24, 2.45) is 0 Å². The van der Waals surface area contributed by atoms with E-state index in [1.54, 1.807) is 12.1 Å². The second-order valence-corrected chi connectivity index (χ2v) is 5.86. The molecule has 3 nitrogen and oxygen atoms in total. The zero-order valence-electron chi connectivity index (χ0n) is 10.6.